The van der Waals surface area contributed by atoms with Crippen molar-refractivity contribution >= 4 is 34.3 Å². The Hall–Kier alpha value is -3.89. The Bertz CT molecular complexity index is 1340. The Morgan fingerprint density at radius 2 is 1.70 bits per heavy atom. The van der Waals surface area contributed by atoms with Crippen LogP contribution in [0.2, 0.25) is 0 Å². The van der Waals surface area contributed by atoms with Gasteiger partial charge in [0.05, 0.1) is 41.8 Å². The molecular weight excluding hydrogens is 438 g/mol. The van der Waals surface area contributed by atoms with Gasteiger partial charge in [-0.25, -0.2) is 23.1 Å². The molecule has 11 heteroatoms. The van der Waals surface area contributed by atoms with Crippen molar-refractivity contribution in [2.24, 2.45) is 0 Å². The summed E-state index contributed by atoms with van der Waals surface area (Å²) in [5.41, 5.74) is 0.0806. The number of benzene rings is 2. The molecule has 2 aliphatic rings. The fourth-order valence-corrected chi connectivity index (χ4v) is 4.50. The lowest BCUT2D eigenvalue weighted by molar-refractivity contribution is 0.0697. The minimum atomic E-state index is -1.13. The summed E-state index contributed by atoms with van der Waals surface area (Å²) in [5.74, 6) is -2.75. The van der Waals surface area contributed by atoms with E-state index < -0.39 is 23.7 Å². The number of fused-ring (bicyclic) bond motifs is 3. The van der Waals surface area contributed by atoms with Gasteiger partial charge in [-0.05, 0) is 25.1 Å². The van der Waals surface area contributed by atoms with Crippen molar-refractivity contribution in [3.05, 3.63) is 57.9 Å². The SMILES string of the molecule is C[C@H]1CN(c2cc(F)c(N3CCn4c(=O)c5cc(C(=O)O)ccc5n4CC3)c(F)c2)C(=O)O1. The maximum Gasteiger partial charge on any atom is 0.414 e. The number of hydrogen-bond donors (Lipinski definition) is 1. The molecule has 1 fully saturated rings. The number of ether oxygens (including phenoxy) is 1. The fraction of sp³-hybridized carbons (Fsp3) is 0.318. The molecule has 9 nitrogen and oxygen atoms in total. The molecule has 0 saturated carbocycles. The summed E-state index contributed by atoms with van der Waals surface area (Å²) in [4.78, 5) is 38.7. The van der Waals surface area contributed by atoms with Crippen LogP contribution in [0.15, 0.2) is 35.1 Å². The van der Waals surface area contributed by atoms with Gasteiger partial charge in [0.15, 0.2) is 11.6 Å². The van der Waals surface area contributed by atoms with Crippen molar-refractivity contribution in [1.82, 2.24) is 9.36 Å². The topological polar surface area (TPSA) is 97.0 Å². The van der Waals surface area contributed by atoms with E-state index in [0.29, 0.717) is 5.52 Å². The number of anilines is 2. The standard InChI is InChI=1S/C22H20F2N4O5/c1-12-11-26(22(32)33-12)14-9-16(23)19(17(24)10-14)25-4-6-27-18-3-2-13(21(30)31)8-15(18)20(29)28(27)7-5-25/h2-3,8-10,12H,4-7,11H2,1H3,(H,30,31)/t12-/m0/s1. The highest BCUT2D eigenvalue weighted by Gasteiger charge is 2.31. The summed E-state index contributed by atoms with van der Waals surface area (Å²) in [6, 6.07) is 6.55. The molecule has 1 atom stereocenters. The van der Waals surface area contributed by atoms with Crippen LogP contribution in [0.1, 0.15) is 17.3 Å². The third-order valence-electron chi connectivity index (χ3n) is 6.03. The van der Waals surface area contributed by atoms with Gasteiger partial charge in [-0.3, -0.25) is 14.4 Å². The number of cyclic esters (lactones) is 1. The summed E-state index contributed by atoms with van der Waals surface area (Å²) < 4.78 is 38.2. The predicted molar refractivity (Wildman–Crippen MR) is 115 cm³/mol. The number of nitrogens with zero attached hydrogens (tertiary/aromatic N) is 4. The Morgan fingerprint density at radius 3 is 2.30 bits per heavy atom. The number of rotatable bonds is 3. The van der Waals surface area contributed by atoms with Gasteiger partial charge in [0, 0.05) is 25.2 Å². The van der Waals surface area contributed by atoms with Gasteiger partial charge in [0.2, 0.25) is 0 Å². The third-order valence-corrected chi connectivity index (χ3v) is 6.03. The van der Waals surface area contributed by atoms with Crippen LogP contribution in [-0.2, 0) is 17.8 Å². The van der Waals surface area contributed by atoms with E-state index in [4.69, 9.17) is 4.74 Å². The van der Waals surface area contributed by atoms with E-state index in [-0.39, 0.29) is 66.7 Å². The summed E-state index contributed by atoms with van der Waals surface area (Å²) in [6.45, 7) is 2.71. The zero-order valence-corrected chi connectivity index (χ0v) is 17.6. The second-order valence-electron chi connectivity index (χ2n) is 8.14. The predicted octanol–water partition coefficient (Wildman–Crippen LogP) is 2.64. The van der Waals surface area contributed by atoms with Gasteiger partial charge in [0.25, 0.3) is 5.56 Å². The van der Waals surface area contributed by atoms with Crippen LogP contribution in [0.4, 0.5) is 25.0 Å². The first-order valence-electron chi connectivity index (χ1n) is 10.4. The quantitative estimate of drug-likeness (QED) is 0.648. The molecule has 5 rings (SSSR count). The Morgan fingerprint density at radius 1 is 1.03 bits per heavy atom. The minimum absolute atomic E-state index is 0.0168. The molecule has 3 heterocycles. The number of carboxylic acids is 1. The number of carbonyl (C=O) groups excluding carboxylic acids is 1. The number of amides is 1. The smallest absolute Gasteiger partial charge is 0.414 e. The van der Waals surface area contributed by atoms with Crippen molar-refractivity contribution in [2.45, 2.75) is 26.1 Å². The second-order valence-corrected chi connectivity index (χ2v) is 8.14. The van der Waals surface area contributed by atoms with Crippen molar-refractivity contribution < 1.29 is 28.2 Å². The number of aromatic carboxylic acids is 1. The lowest BCUT2D eigenvalue weighted by Gasteiger charge is -2.24. The van der Waals surface area contributed by atoms with Crippen LogP contribution in [0.25, 0.3) is 10.9 Å². The van der Waals surface area contributed by atoms with Crippen molar-refractivity contribution in [1.29, 1.82) is 0 Å². The Kier molecular flexibility index (Phi) is 4.84. The molecular formula is C22H20F2N4O5. The van der Waals surface area contributed by atoms with Crippen LogP contribution < -0.4 is 15.4 Å². The normalized spacial score (nSPS) is 18.4. The first-order valence-corrected chi connectivity index (χ1v) is 10.4. The minimum Gasteiger partial charge on any atom is -0.478 e. The van der Waals surface area contributed by atoms with E-state index >= 15 is 8.78 Å². The van der Waals surface area contributed by atoms with Crippen LogP contribution in [-0.4, -0.2) is 52.3 Å². The monoisotopic (exact) mass is 458 g/mol. The molecule has 2 aliphatic heterocycles. The lowest BCUT2D eigenvalue weighted by atomic mass is 10.1. The van der Waals surface area contributed by atoms with Crippen LogP contribution in [0.5, 0.6) is 0 Å². The maximum absolute atomic E-state index is 15.0. The molecule has 1 amide bonds. The van der Waals surface area contributed by atoms with E-state index in [0.717, 1.165) is 12.1 Å². The first kappa shape index (κ1) is 21.0. The summed E-state index contributed by atoms with van der Waals surface area (Å²) >= 11 is 0. The van der Waals surface area contributed by atoms with Gasteiger partial charge in [-0.2, -0.15) is 0 Å². The average molecular weight is 458 g/mol. The number of hydrogen-bond acceptors (Lipinski definition) is 5. The summed E-state index contributed by atoms with van der Waals surface area (Å²) in [6.07, 6.45) is -1.02. The van der Waals surface area contributed by atoms with E-state index in [1.165, 1.54) is 26.6 Å². The van der Waals surface area contributed by atoms with Gasteiger partial charge in [-0.15, -0.1) is 0 Å². The molecule has 1 aromatic heterocycles. The molecule has 0 aliphatic carbocycles. The second kappa shape index (κ2) is 7.61. The average Bonchev–Trinajstić information content (AvgIpc) is 3.13. The number of aromatic nitrogens is 2. The zero-order chi connectivity index (χ0) is 23.4. The third kappa shape index (κ3) is 3.40. The zero-order valence-electron chi connectivity index (χ0n) is 17.6. The molecule has 172 valence electrons. The van der Waals surface area contributed by atoms with E-state index in [2.05, 4.69) is 0 Å². The fourth-order valence-electron chi connectivity index (χ4n) is 4.50. The molecule has 0 bridgehead atoms. The van der Waals surface area contributed by atoms with Crippen molar-refractivity contribution in [3.8, 4) is 0 Å². The molecule has 0 unspecified atom stereocenters. The molecule has 2 aromatic carbocycles. The Balaban J connectivity index is 1.45. The van der Waals surface area contributed by atoms with Gasteiger partial charge in [0.1, 0.15) is 11.8 Å². The molecule has 3 aromatic rings. The van der Waals surface area contributed by atoms with Crippen molar-refractivity contribution in [3.63, 3.8) is 0 Å². The molecule has 1 saturated heterocycles. The highest BCUT2D eigenvalue weighted by molar-refractivity contribution is 5.93. The number of carbonyl (C=O) groups is 2. The van der Waals surface area contributed by atoms with Crippen LogP contribution >= 0.6 is 0 Å². The van der Waals surface area contributed by atoms with E-state index in [9.17, 15) is 19.5 Å². The summed E-state index contributed by atoms with van der Waals surface area (Å²) in [5, 5.41) is 9.48. The molecule has 33 heavy (non-hydrogen) atoms. The van der Waals surface area contributed by atoms with E-state index in [1.54, 1.807) is 17.7 Å². The van der Waals surface area contributed by atoms with Gasteiger partial charge in [-0.1, -0.05) is 0 Å². The molecule has 0 spiro atoms. The van der Waals surface area contributed by atoms with Crippen LogP contribution in [0.3, 0.4) is 0 Å². The maximum atomic E-state index is 15.0. The molecule has 0 radical (unpaired) electrons. The van der Waals surface area contributed by atoms with Gasteiger partial charge < -0.3 is 14.7 Å². The number of carboxylic acid groups (broad SMARTS) is 1. The van der Waals surface area contributed by atoms with E-state index in [1.807, 2.05) is 0 Å². The van der Waals surface area contributed by atoms with Crippen LogP contribution in [0, 0.1) is 11.6 Å². The largest absolute Gasteiger partial charge is 0.478 e. The molecule has 1 N–H and O–H groups in total. The highest BCUT2D eigenvalue weighted by Crippen LogP contribution is 2.31. The first-order chi connectivity index (χ1) is 15.7. The van der Waals surface area contributed by atoms with Gasteiger partial charge >= 0.3 is 12.1 Å². The Labute approximate surface area is 186 Å². The lowest BCUT2D eigenvalue weighted by Crippen LogP contribution is -2.30. The van der Waals surface area contributed by atoms with Crippen molar-refractivity contribution in [2.75, 3.05) is 29.4 Å². The summed E-state index contributed by atoms with van der Waals surface area (Å²) in [7, 11) is 0. The highest BCUT2D eigenvalue weighted by atomic mass is 19.1. The number of halogens is 2.